The smallest absolute Gasteiger partial charge is 0.254 e. The third kappa shape index (κ3) is 3.44. The lowest BCUT2D eigenvalue weighted by atomic mass is 10.2. The zero-order chi connectivity index (χ0) is 20.7. The number of likely N-dealkylation sites (tertiary alicyclic amines) is 1. The third-order valence-electron chi connectivity index (χ3n) is 4.82. The maximum atomic E-state index is 13.4. The van der Waals surface area contributed by atoms with E-state index in [0.29, 0.717) is 18.1 Å². The molecule has 29 heavy (non-hydrogen) atoms. The first kappa shape index (κ1) is 19.7. The van der Waals surface area contributed by atoms with Crippen molar-refractivity contribution in [1.29, 1.82) is 0 Å². The first-order chi connectivity index (χ1) is 13.9. The molecule has 1 aliphatic heterocycles. The fourth-order valence-corrected chi connectivity index (χ4v) is 4.01. The highest BCUT2D eigenvalue weighted by atomic mass is 79.9. The van der Waals surface area contributed by atoms with Gasteiger partial charge in [0.25, 0.3) is 5.91 Å². The number of halogens is 2. The summed E-state index contributed by atoms with van der Waals surface area (Å²) in [6.07, 6.45) is 0.0151. The van der Waals surface area contributed by atoms with E-state index < -0.39 is 6.04 Å². The monoisotopic (exact) mass is 474 g/mol. The van der Waals surface area contributed by atoms with E-state index in [1.807, 2.05) is 24.3 Å². The summed E-state index contributed by atoms with van der Waals surface area (Å²) in [5.41, 5.74) is 1.39. The largest absolute Gasteiger partial charge is 0.281 e. The van der Waals surface area contributed by atoms with E-state index in [0.717, 1.165) is 10.0 Å². The van der Waals surface area contributed by atoms with Crippen molar-refractivity contribution in [3.05, 3.63) is 63.6 Å². The highest BCUT2D eigenvalue weighted by Crippen LogP contribution is 2.29. The van der Waals surface area contributed by atoms with Gasteiger partial charge in [-0.15, -0.1) is 0 Å². The summed E-state index contributed by atoms with van der Waals surface area (Å²) < 4.78 is 17.7. The van der Waals surface area contributed by atoms with Crippen LogP contribution in [-0.4, -0.2) is 37.6 Å². The number of hydrogen-bond acceptors (Lipinski definition) is 4. The number of nitrogens with zero attached hydrogens (tertiary/aromatic N) is 4. The topological polar surface area (TPSA) is 60.1 Å². The van der Waals surface area contributed by atoms with E-state index >= 15 is 0 Å². The molecular weight excluding hydrogens is 459 g/mol. The van der Waals surface area contributed by atoms with Gasteiger partial charge in [-0.3, -0.25) is 19.1 Å². The first-order valence-corrected chi connectivity index (χ1v) is 10.2. The number of amides is 2. The molecule has 0 aliphatic carbocycles. The third-order valence-corrected chi connectivity index (χ3v) is 5.72. The molecule has 1 fully saturated rings. The number of benzene rings is 2. The van der Waals surface area contributed by atoms with Crippen molar-refractivity contribution in [2.24, 2.45) is 0 Å². The van der Waals surface area contributed by atoms with Gasteiger partial charge in [0.1, 0.15) is 11.9 Å². The predicted octanol–water partition coefficient (Wildman–Crippen LogP) is 4.29. The molecule has 1 aliphatic rings. The molecule has 0 radical (unpaired) electrons. The molecule has 148 valence electrons. The number of rotatable bonds is 4. The Morgan fingerprint density at radius 1 is 1.14 bits per heavy atom. The second-order valence-corrected chi connectivity index (χ2v) is 7.85. The predicted molar refractivity (Wildman–Crippen MR) is 112 cm³/mol. The molecular formula is C20H16BrFN4O2S. The maximum Gasteiger partial charge on any atom is 0.254 e. The van der Waals surface area contributed by atoms with Crippen LogP contribution in [0.4, 0.5) is 4.39 Å². The number of carbonyl (C=O) groups excluding carboxylic acids is 2. The van der Waals surface area contributed by atoms with Crippen LogP contribution in [0, 0.1) is 10.6 Å². The van der Waals surface area contributed by atoms with Crippen molar-refractivity contribution in [1.82, 2.24) is 19.2 Å². The van der Waals surface area contributed by atoms with Crippen LogP contribution in [0.5, 0.6) is 0 Å². The number of likely N-dealkylation sites (N-methyl/N-ethyl adjacent to an activating group) is 1. The van der Waals surface area contributed by atoms with E-state index in [1.54, 1.807) is 23.6 Å². The fraction of sp³-hybridized carbons (Fsp3) is 0.200. The van der Waals surface area contributed by atoms with Gasteiger partial charge in [-0.2, -0.15) is 5.10 Å². The molecule has 0 bridgehead atoms. The second kappa shape index (κ2) is 7.64. The molecule has 0 saturated carbocycles. The molecule has 2 heterocycles. The van der Waals surface area contributed by atoms with Crippen LogP contribution in [0.1, 0.15) is 19.4 Å². The van der Waals surface area contributed by atoms with Crippen LogP contribution < -0.4 is 0 Å². The van der Waals surface area contributed by atoms with Crippen molar-refractivity contribution >= 4 is 40.0 Å². The second-order valence-electron chi connectivity index (χ2n) is 6.57. The molecule has 1 aromatic heterocycles. The standard InChI is InChI=1S/C20H16BrFN4O2S/c1-2-24-17(27)11-16(19(24)28)26-20(29)25(15-9-7-14(22)8-10-15)18(23-26)12-3-5-13(21)6-4-12/h3-10,16H,2,11H2,1H3. The molecule has 2 amide bonds. The van der Waals surface area contributed by atoms with Crippen LogP contribution in [0.25, 0.3) is 17.1 Å². The van der Waals surface area contributed by atoms with E-state index in [-0.39, 0.29) is 28.8 Å². The normalized spacial score (nSPS) is 16.7. The minimum atomic E-state index is -0.786. The Balaban J connectivity index is 1.91. The zero-order valence-corrected chi connectivity index (χ0v) is 17.8. The molecule has 1 saturated heterocycles. The highest BCUT2D eigenvalue weighted by Gasteiger charge is 2.40. The Morgan fingerprint density at radius 2 is 1.79 bits per heavy atom. The molecule has 6 nitrogen and oxygen atoms in total. The lowest BCUT2D eigenvalue weighted by Gasteiger charge is -2.11. The SMILES string of the molecule is CCN1C(=O)CC(n2nc(-c3ccc(Br)cc3)n(-c3ccc(F)cc3)c2=S)C1=O. The average molecular weight is 475 g/mol. The van der Waals surface area contributed by atoms with E-state index in [2.05, 4.69) is 21.0 Å². The number of aromatic nitrogens is 3. The molecule has 3 aromatic rings. The van der Waals surface area contributed by atoms with Crippen LogP contribution in [0.2, 0.25) is 0 Å². The van der Waals surface area contributed by atoms with Crippen molar-refractivity contribution in [2.75, 3.05) is 6.54 Å². The average Bonchev–Trinajstić information content (AvgIpc) is 3.19. The van der Waals surface area contributed by atoms with E-state index in [4.69, 9.17) is 12.2 Å². The van der Waals surface area contributed by atoms with Gasteiger partial charge in [-0.1, -0.05) is 28.1 Å². The summed E-state index contributed by atoms with van der Waals surface area (Å²) in [6.45, 7) is 2.06. The number of imide groups is 1. The summed E-state index contributed by atoms with van der Waals surface area (Å²) in [5.74, 6) is -0.428. The van der Waals surface area contributed by atoms with E-state index in [9.17, 15) is 14.0 Å². The van der Waals surface area contributed by atoms with Crippen LogP contribution >= 0.6 is 28.1 Å². The molecule has 1 atom stereocenters. The van der Waals surface area contributed by atoms with Gasteiger partial charge < -0.3 is 0 Å². The fourth-order valence-electron chi connectivity index (χ4n) is 3.38. The Labute approximate surface area is 179 Å². The van der Waals surface area contributed by atoms with Crippen LogP contribution in [-0.2, 0) is 9.59 Å². The van der Waals surface area contributed by atoms with Gasteiger partial charge in [0.2, 0.25) is 10.7 Å². The molecule has 0 N–H and O–H groups in total. The van der Waals surface area contributed by atoms with Crippen molar-refractivity contribution in [3.63, 3.8) is 0 Å². The summed E-state index contributed by atoms with van der Waals surface area (Å²) in [7, 11) is 0. The molecule has 1 unspecified atom stereocenters. The molecule has 4 rings (SSSR count). The summed E-state index contributed by atoms with van der Waals surface area (Å²) in [5, 5.41) is 4.61. The van der Waals surface area contributed by atoms with Crippen LogP contribution in [0.15, 0.2) is 53.0 Å². The Morgan fingerprint density at radius 3 is 2.38 bits per heavy atom. The van der Waals surface area contributed by atoms with Crippen molar-refractivity contribution in [2.45, 2.75) is 19.4 Å². The minimum absolute atomic E-state index is 0.0151. The van der Waals surface area contributed by atoms with Gasteiger partial charge >= 0.3 is 0 Å². The Bertz CT molecular complexity index is 1150. The highest BCUT2D eigenvalue weighted by molar-refractivity contribution is 9.10. The van der Waals surface area contributed by atoms with Crippen molar-refractivity contribution < 1.29 is 14.0 Å². The van der Waals surface area contributed by atoms with E-state index in [1.165, 1.54) is 21.7 Å². The van der Waals surface area contributed by atoms with Gasteiger partial charge in [0.15, 0.2) is 5.82 Å². The zero-order valence-electron chi connectivity index (χ0n) is 15.4. The lowest BCUT2D eigenvalue weighted by Crippen LogP contribution is -2.31. The summed E-state index contributed by atoms with van der Waals surface area (Å²) >= 11 is 9.04. The molecule has 9 heteroatoms. The first-order valence-electron chi connectivity index (χ1n) is 8.98. The Kier molecular flexibility index (Phi) is 5.18. The van der Waals surface area contributed by atoms with Crippen LogP contribution in [0.3, 0.4) is 0 Å². The van der Waals surface area contributed by atoms with Gasteiger partial charge in [-0.25, -0.2) is 9.07 Å². The lowest BCUT2D eigenvalue weighted by molar-refractivity contribution is -0.138. The Hall–Kier alpha value is -2.65. The van der Waals surface area contributed by atoms with Gasteiger partial charge in [0.05, 0.1) is 12.1 Å². The van der Waals surface area contributed by atoms with Crippen molar-refractivity contribution in [3.8, 4) is 17.1 Å². The quantitative estimate of drug-likeness (QED) is 0.417. The minimum Gasteiger partial charge on any atom is -0.281 e. The summed E-state index contributed by atoms with van der Waals surface area (Å²) in [4.78, 5) is 26.1. The maximum absolute atomic E-state index is 13.4. The number of hydrogen-bond donors (Lipinski definition) is 0. The number of carbonyl (C=O) groups is 2. The molecule has 2 aromatic carbocycles. The molecule has 0 spiro atoms. The summed E-state index contributed by atoms with van der Waals surface area (Å²) in [6, 6.07) is 12.6. The van der Waals surface area contributed by atoms with Gasteiger partial charge in [0, 0.05) is 16.6 Å². The van der Waals surface area contributed by atoms with Gasteiger partial charge in [-0.05, 0) is 55.5 Å².